The van der Waals surface area contributed by atoms with Crippen LogP contribution in [-0.2, 0) is 0 Å². The van der Waals surface area contributed by atoms with Gasteiger partial charge >= 0.3 is 0 Å². The summed E-state index contributed by atoms with van der Waals surface area (Å²) in [5.41, 5.74) is 1.58. The number of phenols is 1. The van der Waals surface area contributed by atoms with E-state index < -0.39 is 0 Å². The summed E-state index contributed by atoms with van der Waals surface area (Å²) in [4.78, 5) is 8.27. The fourth-order valence-electron chi connectivity index (χ4n) is 1.41. The van der Waals surface area contributed by atoms with E-state index >= 15 is 0 Å². The summed E-state index contributed by atoms with van der Waals surface area (Å²) >= 11 is 0. The van der Waals surface area contributed by atoms with Gasteiger partial charge in [0.1, 0.15) is 23.6 Å². The summed E-state index contributed by atoms with van der Waals surface area (Å²) in [5.74, 6) is 0.955. The van der Waals surface area contributed by atoms with Crippen LogP contribution in [0.1, 0.15) is 12.5 Å². The lowest BCUT2D eigenvalue weighted by atomic mass is 10.2. The molecule has 1 heterocycles. The first-order valence-electron chi connectivity index (χ1n) is 5.00. The van der Waals surface area contributed by atoms with Gasteiger partial charge in [-0.3, -0.25) is 4.57 Å². The molecule has 4 nitrogen and oxygen atoms in total. The lowest BCUT2D eigenvalue weighted by molar-refractivity contribution is 0.476. The highest BCUT2D eigenvalue weighted by atomic mass is 16.3. The van der Waals surface area contributed by atoms with Gasteiger partial charge in [-0.15, -0.1) is 0 Å². The first kappa shape index (κ1) is 10.4. The summed E-state index contributed by atoms with van der Waals surface area (Å²) in [5, 5.41) is 9.71. The third-order valence-corrected chi connectivity index (χ3v) is 2.29. The summed E-state index contributed by atoms with van der Waals surface area (Å²) < 4.78 is 1.79. The van der Waals surface area contributed by atoms with Crippen LogP contribution in [0.2, 0.25) is 0 Å². The minimum absolute atomic E-state index is 0.194. The molecule has 0 atom stereocenters. The highest BCUT2D eigenvalue weighted by Gasteiger charge is 2.01. The molecule has 0 aliphatic heterocycles. The monoisotopic (exact) mass is 215 g/mol. The Hall–Kier alpha value is -2.10. The van der Waals surface area contributed by atoms with E-state index in [9.17, 15) is 5.11 Å². The lowest BCUT2D eigenvalue weighted by Gasteiger charge is -2.03. The minimum atomic E-state index is 0.194. The van der Waals surface area contributed by atoms with Gasteiger partial charge in [-0.25, -0.2) is 9.98 Å². The highest BCUT2D eigenvalue weighted by Crippen LogP contribution is 2.27. The van der Waals surface area contributed by atoms with Crippen molar-refractivity contribution >= 4 is 11.5 Å². The fraction of sp³-hybridized carbons (Fsp3) is 0.167. The predicted molar refractivity (Wildman–Crippen MR) is 63.2 cm³/mol. The SMILES string of the molecule is C/C(=N\c1ccc(C)cc1O)n1ccnc1. The van der Waals surface area contributed by atoms with Gasteiger partial charge in [-0.05, 0) is 31.5 Å². The Morgan fingerprint density at radius 2 is 2.25 bits per heavy atom. The number of benzene rings is 1. The van der Waals surface area contributed by atoms with E-state index in [1.807, 2.05) is 26.1 Å². The number of aromatic nitrogens is 2. The predicted octanol–water partition coefficient (Wildman–Crippen LogP) is 2.50. The number of aliphatic imine (C=N–C) groups is 1. The Labute approximate surface area is 93.9 Å². The molecule has 2 rings (SSSR count). The second-order valence-corrected chi connectivity index (χ2v) is 3.62. The standard InChI is InChI=1S/C12H13N3O/c1-9-3-4-11(12(16)7-9)14-10(2)15-6-5-13-8-15/h3-8,16H,1-2H3/b14-10+. The van der Waals surface area contributed by atoms with Crippen LogP contribution in [0.25, 0.3) is 0 Å². The van der Waals surface area contributed by atoms with Crippen molar-refractivity contribution in [3.63, 3.8) is 0 Å². The van der Waals surface area contributed by atoms with E-state index in [1.165, 1.54) is 0 Å². The summed E-state index contributed by atoms with van der Waals surface area (Å²) in [6.45, 7) is 3.79. The molecule has 0 spiro atoms. The largest absolute Gasteiger partial charge is 0.506 e. The number of hydrogen-bond donors (Lipinski definition) is 1. The molecule has 0 aliphatic rings. The zero-order valence-corrected chi connectivity index (χ0v) is 9.25. The Kier molecular flexibility index (Phi) is 2.72. The molecule has 16 heavy (non-hydrogen) atoms. The Balaban J connectivity index is 2.36. The van der Waals surface area contributed by atoms with Crippen LogP contribution < -0.4 is 0 Å². The first-order chi connectivity index (χ1) is 7.66. The van der Waals surface area contributed by atoms with Crippen molar-refractivity contribution in [2.24, 2.45) is 4.99 Å². The van der Waals surface area contributed by atoms with E-state index in [0.717, 1.165) is 11.4 Å². The topological polar surface area (TPSA) is 50.4 Å². The van der Waals surface area contributed by atoms with Crippen molar-refractivity contribution in [1.29, 1.82) is 0 Å². The molecule has 1 N–H and O–H groups in total. The molecule has 4 heteroatoms. The molecule has 1 aromatic heterocycles. The third kappa shape index (κ3) is 2.11. The minimum Gasteiger partial charge on any atom is -0.506 e. The van der Waals surface area contributed by atoms with Gasteiger partial charge in [0.15, 0.2) is 0 Å². The first-order valence-corrected chi connectivity index (χ1v) is 5.00. The number of phenolic OH excluding ortho intramolecular Hbond substituents is 1. The second-order valence-electron chi connectivity index (χ2n) is 3.62. The van der Waals surface area contributed by atoms with Crippen LogP contribution in [0.5, 0.6) is 5.75 Å². The zero-order chi connectivity index (χ0) is 11.5. The molecule has 0 unspecified atom stereocenters. The van der Waals surface area contributed by atoms with E-state index in [0.29, 0.717) is 5.69 Å². The molecule has 1 aromatic carbocycles. The van der Waals surface area contributed by atoms with Crippen LogP contribution in [0.4, 0.5) is 5.69 Å². The fourth-order valence-corrected chi connectivity index (χ4v) is 1.41. The van der Waals surface area contributed by atoms with Crippen LogP contribution in [0.3, 0.4) is 0 Å². The molecule has 82 valence electrons. The lowest BCUT2D eigenvalue weighted by Crippen LogP contribution is -2.03. The van der Waals surface area contributed by atoms with Crippen LogP contribution in [-0.4, -0.2) is 20.5 Å². The van der Waals surface area contributed by atoms with Crippen molar-refractivity contribution in [3.05, 3.63) is 42.5 Å². The maximum atomic E-state index is 9.71. The smallest absolute Gasteiger partial charge is 0.141 e. The summed E-state index contributed by atoms with van der Waals surface area (Å²) in [6.07, 6.45) is 5.17. The van der Waals surface area contributed by atoms with Gasteiger partial charge in [0.2, 0.25) is 0 Å². The number of aromatic hydroxyl groups is 1. The molecule has 0 radical (unpaired) electrons. The van der Waals surface area contributed by atoms with E-state index in [-0.39, 0.29) is 5.75 Å². The van der Waals surface area contributed by atoms with Crippen molar-refractivity contribution in [2.75, 3.05) is 0 Å². The maximum absolute atomic E-state index is 9.71. The molecule has 2 aromatic rings. The number of aryl methyl sites for hydroxylation is 1. The quantitative estimate of drug-likeness (QED) is 0.587. The van der Waals surface area contributed by atoms with Crippen LogP contribution >= 0.6 is 0 Å². The Bertz CT molecular complexity index is 515. The summed E-state index contributed by atoms with van der Waals surface area (Å²) in [6, 6.07) is 5.41. The summed E-state index contributed by atoms with van der Waals surface area (Å²) in [7, 11) is 0. The Morgan fingerprint density at radius 1 is 1.44 bits per heavy atom. The molecule has 0 bridgehead atoms. The van der Waals surface area contributed by atoms with E-state index in [1.54, 1.807) is 29.2 Å². The molecule has 0 aliphatic carbocycles. The van der Waals surface area contributed by atoms with Gasteiger partial charge in [0.05, 0.1) is 0 Å². The second kappa shape index (κ2) is 4.18. The average molecular weight is 215 g/mol. The third-order valence-electron chi connectivity index (χ3n) is 2.29. The van der Waals surface area contributed by atoms with E-state index in [4.69, 9.17) is 0 Å². The van der Waals surface area contributed by atoms with Gasteiger partial charge in [-0.2, -0.15) is 0 Å². The average Bonchev–Trinajstić information content (AvgIpc) is 2.75. The molecule has 0 fully saturated rings. The molecular weight excluding hydrogens is 202 g/mol. The molecule has 0 saturated carbocycles. The van der Waals surface area contributed by atoms with Crippen LogP contribution in [0, 0.1) is 6.92 Å². The van der Waals surface area contributed by atoms with Gasteiger partial charge < -0.3 is 5.11 Å². The van der Waals surface area contributed by atoms with Crippen molar-refractivity contribution in [3.8, 4) is 5.75 Å². The van der Waals surface area contributed by atoms with Crippen LogP contribution in [0.15, 0.2) is 41.9 Å². The number of hydrogen-bond acceptors (Lipinski definition) is 3. The maximum Gasteiger partial charge on any atom is 0.141 e. The van der Waals surface area contributed by atoms with Crippen molar-refractivity contribution in [2.45, 2.75) is 13.8 Å². The van der Waals surface area contributed by atoms with Crippen molar-refractivity contribution < 1.29 is 5.11 Å². The number of imidazole rings is 1. The zero-order valence-electron chi connectivity index (χ0n) is 9.25. The Morgan fingerprint density at radius 3 is 2.88 bits per heavy atom. The normalized spacial score (nSPS) is 11.8. The molecule has 0 amide bonds. The van der Waals surface area contributed by atoms with Gasteiger partial charge in [0, 0.05) is 12.4 Å². The molecular formula is C12H13N3O. The van der Waals surface area contributed by atoms with Gasteiger partial charge in [0.25, 0.3) is 0 Å². The molecule has 0 saturated heterocycles. The highest BCUT2D eigenvalue weighted by molar-refractivity contribution is 5.85. The number of rotatable bonds is 1. The van der Waals surface area contributed by atoms with E-state index in [2.05, 4.69) is 9.98 Å². The van der Waals surface area contributed by atoms with Gasteiger partial charge in [-0.1, -0.05) is 6.07 Å². The van der Waals surface area contributed by atoms with Crippen molar-refractivity contribution in [1.82, 2.24) is 9.55 Å². The number of nitrogens with zero attached hydrogens (tertiary/aromatic N) is 3.